The third-order valence-corrected chi connectivity index (χ3v) is 1.56. The van der Waals surface area contributed by atoms with Crippen LogP contribution in [0, 0.1) is 12.0 Å². The number of Topliss-reactive ketones (excluding diaryl/α,β-unsaturated/α-hetero) is 1. The Balaban J connectivity index is 2.84. The maximum absolute atomic E-state index is 11.0. The summed E-state index contributed by atoms with van der Waals surface area (Å²) in [6, 6.07) is 10.5. The van der Waals surface area contributed by atoms with Crippen molar-refractivity contribution in [3.8, 4) is 12.0 Å². The summed E-state index contributed by atoms with van der Waals surface area (Å²) in [4.78, 5) is 11.0. The van der Waals surface area contributed by atoms with Crippen molar-refractivity contribution >= 4 is 5.78 Å². The van der Waals surface area contributed by atoms with Crippen LogP contribution in [-0.2, 0) is 4.79 Å². The molecule has 0 fully saturated rings. The zero-order valence-corrected chi connectivity index (χ0v) is 6.90. The van der Waals surface area contributed by atoms with Crippen LogP contribution in [0.5, 0.6) is 0 Å². The highest BCUT2D eigenvalue weighted by atomic mass is 16.3. The molecule has 13 heavy (non-hydrogen) atoms. The van der Waals surface area contributed by atoms with Gasteiger partial charge in [0.25, 0.3) is 0 Å². The summed E-state index contributed by atoms with van der Waals surface area (Å²) < 4.78 is 0. The Labute approximate surface area is 76.2 Å². The van der Waals surface area contributed by atoms with Crippen LogP contribution in [0.3, 0.4) is 0 Å². The Bertz CT molecular complexity index is 348. The molecule has 3 N–H and O–H groups in total. The number of rotatable bonds is 2. The normalized spacial score (nSPS) is 11.2. The summed E-state index contributed by atoms with van der Waals surface area (Å²) in [5.41, 5.74) is 5.38. The second kappa shape index (κ2) is 4.29. The van der Waals surface area contributed by atoms with Gasteiger partial charge in [0.05, 0.1) is 0 Å². The molecule has 0 spiro atoms. The molecule has 3 nitrogen and oxygen atoms in total. The van der Waals surface area contributed by atoms with Crippen molar-refractivity contribution in [2.24, 2.45) is 5.73 Å². The molecule has 0 aromatic heterocycles. The minimum atomic E-state index is -1.20. The standard InChI is InChI=1S/C10H9NO2/c11-7-6-9(12)10(13)8-4-2-1-3-5-8/h1-5,10,13H,11H2. The van der Waals surface area contributed by atoms with Crippen LogP contribution in [-0.4, -0.2) is 10.9 Å². The molecule has 0 saturated heterocycles. The third kappa shape index (κ3) is 2.32. The van der Waals surface area contributed by atoms with E-state index in [0.717, 1.165) is 0 Å². The van der Waals surface area contributed by atoms with Crippen molar-refractivity contribution in [3.05, 3.63) is 35.9 Å². The number of aliphatic hydroxyl groups excluding tert-OH is 1. The van der Waals surface area contributed by atoms with E-state index in [2.05, 4.69) is 5.92 Å². The monoisotopic (exact) mass is 175 g/mol. The zero-order valence-electron chi connectivity index (χ0n) is 6.90. The zero-order chi connectivity index (χ0) is 9.68. The van der Waals surface area contributed by atoms with E-state index in [-0.39, 0.29) is 0 Å². The molecule has 0 heterocycles. The van der Waals surface area contributed by atoms with Gasteiger partial charge < -0.3 is 10.8 Å². The van der Waals surface area contributed by atoms with Gasteiger partial charge in [0.15, 0.2) is 0 Å². The summed E-state index contributed by atoms with van der Waals surface area (Å²) in [6.45, 7) is 0. The van der Waals surface area contributed by atoms with Crippen molar-refractivity contribution in [2.75, 3.05) is 0 Å². The average Bonchev–Trinajstić information content (AvgIpc) is 2.18. The number of benzene rings is 1. The fourth-order valence-electron chi connectivity index (χ4n) is 0.926. The van der Waals surface area contributed by atoms with Gasteiger partial charge in [-0.3, -0.25) is 4.79 Å². The van der Waals surface area contributed by atoms with Gasteiger partial charge in [0.1, 0.15) is 6.10 Å². The molecule has 0 aliphatic rings. The number of nitrogens with two attached hydrogens (primary N) is 1. The van der Waals surface area contributed by atoms with Gasteiger partial charge >= 0.3 is 0 Å². The van der Waals surface area contributed by atoms with Crippen LogP contribution in [0.2, 0.25) is 0 Å². The maximum Gasteiger partial charge on any atom is 0.240 e. The predicted octanol–water partition coefficient (Wildman–Crippen LogP) is 0.209. The Morgan fingerprint density at radius 1 is 1.38 bits per heavy atom. The number of hydrogen-bond acceptors (Lipinski definition) is 3. The van der Waals surface area contributed by atoms with E-state index in [1.54, 1.807) is 30.3 Å². The number of carbonyl (C=O) groups excluding carboxylic acids is 1. The van der Waals surface area contributed by atoms with Crippen LogP contribution >= 0.6 is 0 Å². The molecule has 66 valence electrons. The molecule has 0 aliphatic carbocycles. The van der Waals surface area contributed by atoms with E-state index in [4.69, 9.17) is 5.73 Å². The fraction of sp³-hybridized carbons (Fsp3) is 0.100. The molecule has 3 heteroatoms. The highest BCUT2D eigenvalue weighted by molar-refractivity contribution is 5.99. The second-order valence-electron chi connectivity index (χ2n) is 2.45. The first-order valence-electron chi connectivity index (χ1n) is 3.74. The van der Waals surface area contributed by atoms with Crippen LogP contribution in [0.15, 0.2) is 30.3 Å². The van der Waals surface area contributed by atoms with Crippen LogP contribution in [0.1, 0.15) is 11.7 Å². The molecule has 0 radical (unpaired) electrons. The molecular formula is C10H9NO2. The van der Waals surface area contributed by atoms with Crippen molar-refractivity contribution in [2.45, 2.75) is 6.10 Å². The summed E-state index contributed by atoms with van der Waals surface area (Å²) in [5, 5.41) is 9.41. The first-order valence-corrected chi connectivity index (χ1v) is 3.74. The Hall–Kier alpha value is -1.79. The minimum absolute atomic E-state index is 0.523. The topological polar surface area (TPSA) is 63.3 Å². The van der Waals surface area contributed by atoms with Gasteiger partial charge in [-0.25, -0.2) is 0 Å². The highest BCUT2D eigenvalue weighted by Gasteiger charge is 2.13. The Morgan fingerprint density at radius 2 is 2.00 bits per heavy atom. The lowest BCUT2D eigenvalue weighted by Crippen LogP contribution is -2.09. The van der Waals surface area contributed by atoms with E-state index in [0.29, 0.717) is 5.56 Å². The second-order valence-corrected chi connectivity index (χ2v) is 2.45. The van der Waals surface area contributed by atoms with E-state index in [1.807, 2.05) is 6.04 Å². The van der Waals surface area contributed by atoms with Crippen LogP contribution in [0.4, 0.5) is 0 Å². The van der Waals surface area contributed by atoms with Crippen molar-refractivity contribution in [1.82, 2.24) is 0 Å². The SMILES string of the molecule is NC#CC(=O)C(O)c1ccccc1. The maximum atomic E-state index is 11.0. The number of carbonyl (C=O) groups is 1. The van der Waals surface area contributed by atoms with Gasteiger partial charge in [-0.2, -0.15) is 0 Å². The minimum Gasteiger partial charge on any atom is -0.379 e. The lowest BCUT2D eigenvalue weighted by Gasteiger charge is -2.04. The predicted molar refractivity (Wildman–Crippen MR) is 48.4 cm³/mol. The molecule has 1 aromatic rings. The molecule has 1 atom stereocenters. The Morgan fingerprint density at radius 3 is 2.54 bits per heavy atom. The van der Waals surface area contributed by atoms with Crippen molar-refractivity contribution < 1.29 is 9.90 Å². The molecule has 1 unspecified atom stereocenters. The third-order valence-electron chi connectivity index (χ3n) is 1.56. The smallest absolute Gasteiger partial charge is 0.240 e. The van der Waals surface area contributed by atoms with Crippen LogP contribution in [0.25, 0.3) is 0 Å². The van der Waals surface area contributed by atoms with E-state index in [9.17, 15) is 9.90 Å². The van der Waals surface area contributed by atoms with Gasteiger partial charge in [0.2, 0.25) is 5.78 Å². The van der Waals surface area contributed by atoms with Crippen LogP contribution < -0.4 is 5.73 Å². The van der Waals surface area contributed by atoms with Gasteiger partial charge in [0, 0.05) is 6.04 Å². The molecule has 1 aromatic carbocycles. The summed E-state index contributed by atoms with van der Waals surface area (Å²) in [5.74, 6) is 1.49. The van der Waals surface area contributed by atoms with Gasteiger partial charge in [-0.05, 0) is 11.5 Å². The summed E-state index contributed by atoms with van der Waals surface area (Å²) in [7, 11) is 0. The molecule has 1 rings (SSSR count). The fourth-order valence-corrected chi connectivity index (χ4v) is 0.926. The molecule has 0 aliphatic heterocycles. The first kappa shape index (κ1) is 9.30. The number of hydrogen-bond donors (Lipinski definition) is 2. The molecule has 0 amide bonds. The summed E-state index contributed by atoms with van der Waals surface area (Å²) >= 11 is 0. The molecule has 0 saturated carbocycles. The largest absolute Gasteiger partial charge is 0.379 e. The van der Waals surface area contributed by atoms with Crippen molar-refractivity contribution in [1.29, 1.82) is 0 Å². The lowest BCUT2D eigenvalue weighted by molar-refractivity contribution is -0.121. The Kier molecular flexibility index (Phi) is 3.07. The highest BCUT2D eigenvalue weighted by Crippen LogP contribution is 2.11. The van der Waals surface area contributed by atoms with E-state index in [1.165, 1.54) is 0 Å². The summed E-state index contributed by atoms with van der Waals surface area (Å²) in [6.07, 6.45) is -1.20. The van der Waals surface area contributed by atoms with Gasteiger partial charge in [-0.15, -0.1) is 0 Å². The molecule has 0 bridgehead atoms. The van der Waals surface area contributed by atoms with E-state index >= 15 is 0 Å². The molecular weight excluding hydrogens is 166 g/mol. The number of aliphatic hydroxyl groups is 1. The number of ketones is 1. The lowest BCUT2D eigenvalue weighted by atomic mass is 10.1. The van der Waals surface area contributed by atoms with Gasteiger partial charge in [-0.1, -0.05) is 30.3 Å². The quantitative estimate of drug-likeness (QED) is 0.499. The van der Waals surface area contributed by atoms with Crippen molar-refractivity contribution in [3.63, 3.8) is 0 Å². The van der Waals surface area contributed by atoms with E-state index < -0.39 is 11.9 Å². The first-order chi connectivity index (χ1) is 6.25. The average molecular weight is 175 g/mol.